The molecule has 1 heterocycles. The maximum absolute atomic E-state index is 12.0. The number of carbonyl (C=O) groups is 1. The van der Waals surface area contributed by atoms with Crippen LogP contribution in [0.2, 0.25) is 0 Å². The average molecular weight is 268 g/mol. The minimum absolute atomic E-state index is 0.0193. The first-order chi connectivity index (χ1) is 7.19. The highest BCUT2D eigenvalue weighted by atomic mass is 35.5. The first-order valence-corrected chi connectivity index (χ1v) is 7.59. The third-order valence-electron chi connectivity index (χ3n) is 3.15. The highest BCUT2D eigenvalue weighted by molar-refractivity contribution is 7.91. The number of hydrogen-bond acceptors (Lipinski definition) is 3. The number of hydrogen-bond donors (Lipinski definition) is 0. The van der Waals surface area contributed by atoms with Crippen molar-refractivity contribution in [1.82, 2.24) is 4.90 Å². The SMILES string of the molecule is CN(C(=O)C1CCS(=O)(=O)C1)C(C)(C)CCl. The Labute approximate surface area is 102 Å². The summed E-state index contributed by atoms with van der Waals surface area (Å²) < 4.78 is 22.6. The molecule has 1 aliphatic heterocycles. The van der Waals surface area contributed by atoms with E-state index in [1.165, 1.54) is 0 Å². The smallest absolute Gasteiger partial charge is 0.226 e. The summed E-state index contributed by atoms with van der Waals surface area (Å²) in [6.45, 7) is 3.72. The van der Waals surface area contributed by atoms with E-state index in [-0.39, 0.29) is 17.4 Å². The van der Waals surface area contributed by atoms with Gasteiger partial charge in [0, 0.05) is 12.9 Å². The third-order valence-corrected chi connectivity index (χ3v) is 5.57. The van der Waals surface area contributed by atoms with Crippen molar-refractivity contribution in [2.45, 2.75) is 25.8 Å². The summed E-state index contributed by atoms with van der Waals surface area (Å²) >= 11 is 5.78. The molecule has 1 saturated heterocycles. The lowest BCUT2D eigenvalue weighted by molar-refractivity contribution is -0.137. The maximum Gasteiger partial charge on any atom is 0.226 e. The summed E-state index contributed by atoms with van der Waals surface area (Å²) in [6, 6.07) is 0. The lowest BCUT2D eigenvalue weighted by Crippen LogP contribution is -2.49. The fourth-order valence-corrected chi connectivity index (χ4v) is 3.56. The summed E-state index contributed by atoms with van der Waals surface area (Å²) in [4.78, 5) is 13.6. The van der Waals surface area contributed by atoms with Gasteiger partial charge < -0.3 is 4.90 Å². The Bertz CT molecular complexity index is 378. The molecule has 1 fully saturated rings. The topological polar surface area (TPSA) is 54.5 Å². The van der Waals surface area contributed by atoms with Gasteiger partial charge in [-0.25, -0.2) is 8.42 Å². The van der Waals surface area contributed by atoms with E-state index in [0.717, 1.165) is 0 Å². The Kier molecular flexibility index (Phi) is 3.90. The van der Waals surface area contributed by atoms with E-state index in [1.54, 1.807) is 11.9 Å². The molecule has 0 aromatic carbocycles. The summed E-state index contributed by atoms with van der Waals surface area (Å²) in [6.07, 6.45) is 0.434. The van der Waals surface area contributed by atoms with Crippen molar-refractivity contribution < 1.29 is 13.2 Å². The molecule has 1 amide bonds. The molecule has 4 nitrogen and oxygen atoms in total. The minimum atomic E-state index is -3.01. The van der Waals surface area contributed by atoms with E-state index in [9.17, 15) is 13.2 Å². The van der Waals surface area contributed by atoms with E-state index in [2.05, 4.69) is 0 Å². The van der Waals surface area contributed by atoms with Crippen LogP contribution in [0.4, 0.5) is 0 Å². The average Bonchev–Trinajstić information content (AvgIpc) is 2.56. The van der Waals surface area contributed by atoms with Gasteiger partial charge >= 0.3 is 0 Å². The summed E-state index contributed by atoms with van der Waals surface area (Å²) in [5.74, 6) is -0.0776. The number of carbonyl (C=O) groups excluding carboxylic acids is 1. The van der Waals surface area contributed by atoms with Crippen LogP contribution in [0.5, 0.6) is 0 Å². The second kappa shape index (κ2) is 4.53. The van der Waals surface area contributed by atoms with Gasteiger partial charge in [0.05, 0.1) is 23.0 Å². The predicted molar refractivity (Wildman–Crippen MR) is 64.3 cm³/mol. The molecular formula is C10H18ClNO3S. The molecule has 0 aromatic heterocycles. The number of alkyl halides is 1. The Morgan fingerprint density at radius 3 is 2.44 bits per heavy atom. The largest absolute Gasteiger partial charge is 0.339 e. The summed E-state index contributed by atoms with van der Waals surface area (Å²) in [5.41, 5.74) is -0.439. The van der Waals surface area contributed by atoms with Gasteiger partial charge in [0.2, 0.25) is 5.91 Å². The molecule has 6 heteroatoms. The van der Waals surface area contributed by atoms with E-state index in [1.807, 2.05) is 13.8 Å². The van der Waals surface area contributed by atoms with Gasteiger partial charge in [-0.2, -0.15) is 0 Å². The molecule has 1 aliphatic rings. The van der Waals surface area contributed by atoms with Crippen molar-refractivity contribution in [3.8, 4) is 0 Å². The van der Waals surface area contributed by atoms with Crippen LogP contribution in [0.3, 0.4) is 0 Å². The van der Waals surface area contributed by atoms with Gasteiger partial charge in [0.1, 0.15) is 0 Å². The molecule has 0 aliphatic carbocycles. The second-order valence-corrected chi connectivity index (χ2v) is 7.44. The molecular weight excluding hydrogens is 250 g/mol. The quantitative estimate of drug-likeness (QED) is 0.714. The van der Waals surface area contributed by atoms with Crippen LogP contribution in [0.1, 0.15) is 20.3 Å². The lowest BCUT2D eigenvalue weighted by atomic mass is 10.0. The molecule has 0 spiro atoms. The van der Waals surface area contributed by atoms with Gasteiger partial charge in [0.15, 0.2) is 9.84 Å². The fourth-order valence-electron chi connectivity index (χ4n) is 1.65. The monoisotopic (exact) mass is 267 g/mol. The van der Waals surface area contributed by atoms with Gasteiger partial charge in [-0.3, -0.25) is 4.79 Å². The van der Waals surface area contributed by atoms with Crippen molar-refractivity contribution in [2.24, 2.45) is 5.92 Å². The highest BCUT2D eigenvalue weighted by Crippen LogP contribution is 2.24. The Hall–Kier alpha value is -0.290. The molecule has 0 aromatic rings. The van der Waals surface area contributed by atoms with Crippen LogP contribution in [0, 0.1) is 5.92 Å². The van der Waals surface area contributed by atoms with Crippen LogP contribution < -0.4 is 0 Å². The van der Waals surface area contributed by atoms with Crippen molar-refractivity contribution in [3.05, 3.63) is 0 Å². The van der Waals surface area contributed by atoms with Crippen LogP contribution in [0.25, 0.3) is 0 Å². The van der Waals surface area contributed by atoms with Crippen molar-refractivity contribution >= 4 is 27.3 Å². The van der Waals surface area contributed by atoms with Crippen molar-refractivity contribution in [2.75, 3.05) is 24.4 Å². The Morgan fingerprint density at radius 1 is 1.50 bits per heavy atom. The molecule has 94 valence electrons. The third kappa shape index (κ3) is 2.88. The highest BCUT2D eigenvalue weighted by Gasteiger charge is 2.37. The number of sulfone groups is 1. The van der Waals surface area contributed by atoms with Crippen LogP contribution >= 0.6 is 11.6 Å². The molecule has 0 radical (unpaired) electrons. The van der Waals surface area contributed by atoms with Crippen LogP contribution in [-0.4, -0.2) is 49.2 Å². The predicted octanol–water partition coefficient (Wildman–Crippen LogP) is 0.897. The fraction of sp³-hybridized carbons (Fsp3) is 0.900. The van der Waals surface area contributed by atoms with Gasteiger partial charge in [0.25, 0.3) is 0 Å². The molecule has 0 bridgehead atoms. The van der Waals surface area contributed by atoms with E-state index < -0.39 is 21.3 Å². The minimum Gasteiger partial charge on any atom is -0.339 e. The van der Waals surface area contributed by atoms with Crippen LogP contribution in [-0.2, 0) is 14.6 Å². The normalized spacial score (nSPS) is 24.4. The lowest BCUT2D eigenvalue weighted by Gasteiger charge is -2.35. The number of nitrogens with zero attached hydrogens (tertiary/aromatic N) is 1. The van der Waals surface area contributed by atoms with E-state index in [4.69, 9.17) is 11.6 Å². The van der Waals surface area contributed by atoms with E-state index >= 15 is 0 Å². The van der Waals surface area contributed by atoms with Crippen LogP contribution in [0.15, 0.2) is 0 Å². The summed E-state index contributed by atoms with van der Waals surface area (Å²) in [5, 5.41) is 0. The molecule has 1 unspecified atom stereocenters. The van der Waals surface area contributed by atoms with E-state index in [0.29, 0.717) is 12.3 Å². The Balaban J connectivity index is 2.73. The van der Waals surface area contributed by atoms with Gasteiger partial charge in [-0.15, -0.1) is 11.6 Å². The molecule has 0 N–H and O–H groups in total. The first-order valence-electron chi connectivity index (χ1n) is 5.24. The van der Waals surface area contributed by atoms with Crippen molar-refractivity contribution in [1.29, 1.82) is 0 Å². The molecule has 0 saturated carbocycles. The Morgan fingerprint density at radius 2 is 2.06 bits per heavy atom. The molecule has 1 rings (SSSR count). The molecule has 1 atom stereocenters. The van der Waals surface area contributed by atoms with Crippen molar-refractivity contribution in [3.63, 3.8) is 0 Å². The van der Waals surface area contributed by atoms with Gasteiger partial charge in [-0.05, 0) is 20.3 Å². The molecule has 16 heavy (non-hydrogen) atoms. The summed E-state index contributed by atoms with van der Waals surface area (Å²) in [7, 11) is -1.33. The van der Waals surface area contributed by atoms with Gasteiger partial charge in [-0.1, -0.05) is 0 Å². The second-order valence-electron chi connectivity index (χ2n) is 4.94. The first kappa shape index (κ1) is 13.8. The zero-order chi connectivity index (χ0) is 12.6. The standard InChI is InChI=1S/C10H18ClNO3S/c1-10(2,7-11)12(3)9(13)8-4-5-16(14,15)6-8/h8H,4-7H2,1-3H3. The zero-order valence-electron chi connectivity index (χ0n) is 9.86. The zero-order valence-corrected chi connectivity index (χ0v) is 11.4. The number of rotatable bonds is 3. The number of halogens is 1. The maximum atomic E-state index is 12.0. The number of amides is 1.